The number of esters is 1. The molecule has 2 N–H and O–H groups in total. The van der Waals surface area contributed by atoms with Gasteiger partial charge in [-0.3, -0.25) is 14.4 Å². The van der Waals surface area contributed by atoms with E-state index in [9.17, 15) is 14.4 Å². The van der Waals surface area contributed by atoms with Crippen LogP contribution in [0.15, 0.2) is 29.1 Å². The van der Waals surface area contributed by atoms with Crippen molar-refractivity contribution in [1.29, 1.82) is 5.26 Å². The molecule has 2 rings (SSSR count). The van der Waals surface area contributed by atoms with E-state index in [2.05, 4.69) is 10.3 Å². The van der Waals surface area contributed by atoms with Crippen LogP contribution in [0.4, 0.5) is 0 Å². The number of pyridine rings is 1. The van der Waals surface area contributed by atoms with Gasteiger partial charge in [-0.15, -0.1) is 0 Å². The summed E-state index contributed by atoms with van der Waals surface area (Å²) in [6, 6.07) is 8.99. The van der Waals surface area contributed by atoms with Crippen LogP contribution in [0.5, 0.6) is 0 Å². The topological polar surface area (TPSA) is 112 Å². The van der Waals surface area contributed by atoms with Crippen molar-refractivity contribution in [3.63, 3.8) is 0 Å². The molecular formula is C20H20ClN3O4. The smallest absolute Gasteiger partial charge is 0.306 e. The standard InChI is InChI=1S/C20H20ClN3O4/c1-12-15(13(2)24-20(27)16(12)9-22)7-8-19(26)28-11-18(25)23-10-14-5-3-4-6-17(14)21/h3-6H,7-8,10-11H2,1-2H3,(H,23,25)(H,24,27). The summed E-state index contributed by atoms with van der Waals surface area (Å²) in [5, 5.41) is 12.2. The van der Waals surface area contributed by atoms with E-state index in [1.807, 2.05) is 12.1 Å². The fourth-order valence-corrected chi connectivity index (χ4v) is 2.95. The highest BCUT2D eigenvalue weighted by Gasteiger charge is 2.14. The van der Waals surface area contributed by atoms with E-state index >= 15 is 0 Å². The number of aromatic amines is 1. The van der Waals surface area contributed by atoms with E-state index in [1.54, 1.807) is 32.0 Å². The zero-order valence-electron chi connectivity index (χ0n) is 15.6. The number of halogens is 1. The van der Waals surface area contributed by atoms with E-state index in [4.69, 9.17) is 21.6 Å². The Morgan fingerprint density at radius 3 is 2.68 bits per heavy atom. The average molecular weight is 402 g/mol. The number of hydrogen-bond donors (Lipinski definition) is 2. The Labute approximate surface area is 167 Å². The molecule has 0 fully saturated rings. The summed E-state index contributed by atoms with van der Waals surface area (Å²) in [6.07, 6.45) is 0.319. The van der Waals surface area contributed by atoms with Crippen molar-refractivity contribution < 1.29 is 14.3 Å². The van der Waals surface area contributed by atoms with Gasteiger partial charge in [0.1, 0.15) is 11.6 Å². The Kier molecular flexibility index (Phi) is 7.36. The normalized spacial score (nSPS) is 10.2. The highest BCUT2D eigenvalue weighted by molar-refractivity contribution is 6.31. The Hall–Kier alpha value is -3.11. The second-order valence-electron chi connectivity index (χ2n) is 6.20. The lowest BCUT2D eigenvalue weighted by molar-refractivity contribution is -0.148. The van der Waals surface area contributed by atoms with Crippen molar-refractivity contribution in [1.82, 2.24) is 10.3 Å². The monoisotopic (exact) mass is 401 g/mol. The molecule has 1 aromatic carbocycles. The molecule has 0 aliphatic heterocycles. The SMILES string of the molecule is Cc1[nH]c(=O)c(C#N)c(C)c1CCC(=O)OCC(=O)NCc1ccccc1Cl. The zero-order chi connectivity index (χ0) is 20.7. The average Bonchev–Trinajstić information content (AvgIpc) is 2.65. The lowest BCUT2D eigenvalue weighted by atomic mass is 9.99. The predicted octanol–water partition coefficient (Wildman–Crippen LogP) is 2.31. The molecule has 0 atom stereocenters. The molecule has 146 valence electrons. The van der Waals surface area contributed by atoms with Crippen molar-refractivity contribution in [2.45, 2.75) is 33.2 Å². The number of hydrogen-bond acceptors (Lipinski definition) is 5. The van der Waals surface area contributed by atoms with Crippen LogP contribution in [0.3, 0.4) is 0 Å². The molecule has 7 nitrogen and oxygen atoms in total. The Balaban J connectivity index is 1.83. The number of carbonyl (C=O) groups excluding carboxylic acids is 2. The molecule has 0 unspecified atom stereocenters. The highest BCUT2D eigenvalue weighted by Crippen LogP contribution is 2.15. The number of nitrogens with zero attached hydrogens (tertiary/aromatic N) is 1. The van der Waals surface area contributed by atoms with Crippen molar-refractivity contribution >= 4 is 23.5 Å². The van der Waals surface area contributed by atoms with E-state index in [0.717, 1.165) is 11.1 Å². The number of rotatable bonds is 7. The van der Waals surface area contributed by atoms with Crippen LogP contribution in [0.2, 0.25) is 5.02 Å². The first kappa shape index (κ1) is 21.2. The lowest BCUT2D eigenvalue weighted by Gasteiger charge is -2.11. The number of H-pyrrole nitrogens is 1. The number of amides is 1. The molecule has 0 spiro atoms. The minimum atomic E-state index is -0.545. The van der Waals surface area contributed by atoms with Gasteiger partial charge in [0.05, 0.1) is 0 Å². The minimum absolute atomic E-state index is 0.0242. The van der Waals surface area contributed by atoms with E-state index in [1.165, 1.54) is 0 Å². The number of nitrogens with one attached hydrogen (secondary N) is 2. The van der Waals surface area contributed by atoms with Crippen LogP contribution in [-0.4, -0.2) is 23.5 Å². The van der Waals surface area contributed by atoms with Gasteiger partial charge in [0.2, 0.25) is 0 Å². The molecule has 1 amide bonds. The Morgan fingerprint density at radius 1 is 1.29 bits per heavy atom. The predicted molar refractivity (Wildman–Crippen MR) is 104 cm³/mol. The molecule has 0 aliphatic rings. The van der Waals surface area contributed by atoms with Crippen LogP contribution in [-0.2, 0) is 27.3 Å². The number of aryl methyl sites for hydroxylation is 1. The van der Waals surface area contributed by atoms with Gasteiger partial charge in [0.25, 0.3) is 11.5 Å². The molecule has 1 heterocycles. The number of ether oxygens (including phenoxy) is 1. The van der Waals surface area contributed by atoms with Gasteiger partial charge in [-0.2, -0.15) is 5.26 Å². The van der Waals surface area contributed by atoms with Crippen molar-refractivity contribution in [3.05, 3.63) is 67.6 Å². The van der Waals surface area contributed by atoms with Gasteiger partial charge in [0.15, 0.2) is 6.61 Å². The first-order chi connectivity index (χ1) is 13.3. The maximum Gasteiger partial charge on any atom is 0.306 e. The molecule has 2 aromatic rings. The maximum absolute atomic E-state index is 11.9. The summed E-state index contributed by atoms with van der Waals surface area (Å²) >= 11 is 6.01. The van der Waals surface area contributed by atoms with E-state index < -0.39 is 24.0 Å². The van der Waals surface area contributed by atoms with E-state index in [0.29, 0.717) is 22.7 Å². The van der Waals surface area contributed by atoms with Gasteiger partial charge in [-0.1, -0.05) is 29.8 Å². The van der Waals surface area contributed by atoms with Gasteiger partial charge >= 0.3 is 5.97 Å². The Bertz CT molecular complexity index is 992. The van der Waals surface area contributed by atoms with E-state index in [-0.39, 0.29) is 18.5 Å². The first-order valence-corrected chi connectivity index (χ1v) is 8.99. The number of nitriles is 1. The van der Waals surface area contributed by atoms with Crippen LogP contribution in [0, 0.1) is 25.2 Å². The molecular weight excluding hydrogens is 382 g/mol. The second-order valence-corrected chi connectivity index (χ2v) is 6.61. The Morgan fingerprint density at radius 2 is 2.00 bits per heavy atom. The molecule has 0 bridgehead atoms. The molecule has 8 heteroatoms. The lowest BCUT2D eigenvalue weighted by Crippen LogP contribution is -2.28. The molecule has 0 radical (unpaired) electrons. The number of aromatic nitrogens is 1. The summed E-state index contributed by atoms with van der Waals surface area (Å²) in [7, 11) is 0. The van der Waals surface area contributed by atoms with Crippen molar-refractivity contribution in [2.75, 3.05) is 6.61 Å². The summed E-state index contributed by atoms with van der Waals surface area (Å²) in [4.78, 5) is 38.1. The third kappa shape index (κ3) is 5.44. The quantitative estimate of drug-likeness (QED) is 0.691. The fraction of sp³-hybridized carbons (Fsp3) is 0.300. The van der Waals surface area contributed by atoms with Crippen LogP contribution in [0.25, 0.3) is 0 Å². The number of benzene rings is 1. The third-order valence-corrected chi connectivity index (χ3v) is 4.67. The summed E-state index contributed by atoms with van der Waals surface area (Å²) < 4.78 is 4.98. The molecule has 28 heavy (non-hydrogen) atoms. The molecule has 1 aromatic heterocycles. The van der Waals surface area contributed by atoms with Crippen LogP contribution < -0.4 is 10.9 Å². The fourth-order valence-electron chi connectivity index (χ4n) is 2.75. The second kappa shape index (κ2) is 9.72. The van der Waals surface area contributed by atoms with Crippen LogP contribution in [0.1, 0.15) is 34.4 Å². The zero-order valence-corrected chi connectivity index (χ0v) is 16.4. The molecule has 0 saturated carbocycles. The summed E-state index contributed by atoms with van der Waals surface area (Å²) in [5.41, 5.74) is 2.23. The first-order valence-electron chi connectivity index (χ1n) is 8.61. The highest BCUT2D eigenvalue weighted by atomic mass is 35.5. The summed E-state index contributed by atoms with van der Waals surface area (Å²) in [6.45, 7) is 3.22. The van der Waals surface area contributed by atoms with Gasteiger partial charge in [-0.05, 0) is 43.0 Å². The third-order valence-electron chi connectivity index (χ3n) is 4.30. The van der Waals surface area contributed by atoms with Gasteiger partial charge < -0.3 is 15.0 Å². The summed E-state index contributed by atoms with van der Waals surface area (Å²) in [5.74, 6) is -0.979. The van der Waals surface area contributed by atoms with Gasteiger partial charge in [-0.25, -0.2) is 0 Å². The van der Waals surface area contributed by atoms with Crippen LogP contribution >= 0.6 is 11.6 Å². The molecule has 0 saturated heterocycles. The largest absolute Gasteiger partial charge is 0.456 e. The maximum atomic E-state index is 11.9. The van der Waals surface area contributed by atoms with Gasteiger partial charge in [0, 0.05) is 23.7 Å². The van der Waals surface area contributed by atoms with Crippen molar-refractivity contribution in [3.8, 4) is 6.07 Å². The minimum Gasteiger partial charge on any atom is -0.456 e. The number of carbonyl (C=O) groups is 2. The van der Waals surface area contributed by atoms with Crippen molar-refractivity contribution in [2.24, 2.45) is 0 Å². The molecule has 0 aliphatic carbocycles.